The summed E-state index contributed by atoms with van der Waals surface area (Å²) in [5, 5.41) is 9.15. The molecule has 3 heterocycles. The van der Waals surface area contributed by atoms with E-state index in [0.29, 0.717) is 11.8 Å². The van der Waals surface area contributed by atoms with Crippen LogP contribution in [0.4, 0.5) is 22.0 Å². The number of aromatic nitrogens is 3. The van der Waals surface area contributed by atoms with Crippen molar-refractivity contribution in [2.24, 2.45) is 0 Å². The van der Waals surface area contributed by atoms with Crippen molar-refractivity contribution < 1.29 is 31.9 Å². The zero-order valence-electron chi connectivity index (χ0n) is 13.3. The fraction of sp³-hybridized carbons (Fsp3) is 0.400. The summed E-state index contributed by atoms with van der Waals surface area (Å²) in [6.07, 6.45) is -6.08. The molecule has 1 N–H and O–H groups in total. The summed E-state index contributed by atoms with van der Waals surface area (Å²) in [4.78, 5) is 20.4. The molecule has 0 saturated heterocycles. The minimum absolute atomic E-state index is 0.0773. The fourth-order valence-electron chi connectivity index (χ4n) is 2.90. The number of aliphatic hydroxyl groups is 1. The number of hydrogen-bond donors (Lipinski definition) is 1. The van der Waals surface area contributed by atoms with E-state index in [2.05, 4.69) is 9.97 Å². The van der Waals surface area contributed by atoms with E-state index in [1.807, 2.05) is 0 Å². The van der Waals surface area contributed by atoms with Gasteiger partial charge >= 0.3 is 6.18 Å². The summed E-state index contributed by atoms with van der Waals surface area (Å²) in [5.41, 5.74) is 0.131. The van der Waals surface area contributed by atoms with E-state index in [-0.39, 0.29) is 24.6 Å². The third-order valence-electron chi connectivity index (χ3n) is 4.03. The molecule has 0 radical (unpaired) electrons. The lowest BCUT2D eigenvalue weighted by Gasteiger charge is -2.34. The van der Waals surface area contributed by atoms with Crippen molar-refractivity contribution in [3.8, 4) is 11.5 Å². The van der Waals surface area contributed by atoms with Gasteiger partial charge in [0, 0.05) is 12.6 Å². The van der Waals surface area contributed by atoms with Crippen molar-refractivity contribution in [2.45, 2.75) is 31.8 Å². The Morgan fingerprint density at radius 1 is 1.31 bits per heavy atom. The maximum atomic E-state index is 14.0. The second-order valence-corrected chi connectivity index (χ2v) is 5.94. The van der Waals surface area contributed by atoms with Gasteiger partial charge in [0.1, 0.15) is 11.5 Å². The largest absolute Gasteiger partial charge is 0.423 e. The average molecular weight is 376 g/mol. The predicted octanol–water partition coefficient (Wildman–Crippen LogP) is 2.05. The van der Waals surface area contributed by atoms with Crippen LogP contribution in [-0.4, -0.2) is 49.3 Å². The highest BCUT2D eigenvalue weighted by Gasteiger charge is 2.46. The molecule has 0 bridgehead atoms. The van der Waals surface area contributed by atoms with Gasteiger partial charge in [0.05, 0.1) is 30.7 Å². The predicted molar refractivity (Wildman–Crippen MR) is 77.6 cm³/mol. The molecule has 0 saturated carbocycles. The van der Waals surface area contributed by atoms with E-state index in [0.717, 1.165) is 11.1 Å². The molecule has 1 aliphatic heterocycles. The van der Waals surface area contributed by atoms with Gasteiger partial charge in [-0.05, 0) is 6.92 Å². The third kappa shape index (κ3) is 3.14. The normalized spacial score (nSPS) is 18.6. The van der Waals surface area contributed by atoms with Crippen molar-refractivity contribution in [3.05, 3.63) is 35.8 Å². The number of carbonyl (C=O) groups is 1. The minimum Gasteiger partial charge on any atom is -0.376 e. The van der Waals surface area contributed by atoms with Crippen molar-refractivity contribution in [3.63, 3.8) is 0 Å². The molecule has 0 fully saturated rings. The number of fused-ring (bicyclic) bond motifs is 1. The van der Waals surface area contributed by atoms with Crippen LogP contribution in [-0.2, 0) is 11.3 Å². The summed E-state index contributed by atoms with van der Waals surface area (Å²) in [5.74, 6) is -3.18. The molecule has 0 aromatic carbocycles. The Morgan fingerprint density at radius 2 is 2.00 bits per heavy atom. The zero-order valence-corrected chi connectivity index (χ0v) is 13.3. The summed E-state index contributed by atoms with van der Waals surface area (Å²) in [6, 6.07) is 0.0827. The number of aliphatic hydroxyl groups excluding tert-OH is 1. The fourth-order valence-corrected chi connectivity index (χ4v) is 2.90. The van der Waals surface area contributed by atoms with Crippen LogP contribution < -0.4 is 0 Å². The minimum atomic E-state index is -5.07. The first-order chi connectivity index (χ1) is 12.1. The maximum absolute atomic E-state index is 14.0. The summed E-state index contributed by atoms with van der Waals surface area (Å²) in [6.45, 7) is 1.20. The Labute approximate surface area is 143 Å². The molecule has 6 nitrogen and oxygen atoms in total. The molecule has 2 aromatic heterocycles. The molecule has 140 valence electrons. The van der Waals surface area contributed by atoms with Gasteiger partial charge in [0.2, 0.25) is 6.10 Å². The first-order valence-electron chi connectivity index (χ1n) is 7.50. The topological polar surface area (TPSA) is 71.2 Å². The second-order valence-electron chi connectivity index (χ2n) is 5.94. The van der Waals surface area contributed by atoms with Crippen molar-refractivity contribution in [1.82, 2.24) is 19.4 Å². The van der Waals surface area contributed by atoms with Gasteiger partial charge in [-0.1, -0.05) is 0 Å². The number of alkyl halides is 3. The molecule has 3 rings (SSSR count). The molecule has 2 unspecified atom stereocenters. The highest BCUT2D eigenvalue weighted by molar-refractivity contribution is 5.81. The van der Waals surface area contributed by atoms with Crippen LogP contribution >= 0.6 is 0 Å². The lowest BCUT2D eigenvalue weighted by molar-refractivity contribution is -0.211. The number of imidazole rings is 1. The molecule has 0 aliphatic carbocycles. The third-order valence-corrected chi connectivity index (χ3v) is 4.03. The van der Waals surface area contributed by atoms with Crippen molar-refractivity contribution in [2.75, 3.05) is 6.54 Å². The number of amides is 1. The first-order valence-corrected chi connectivity index (χ1v) is 7.50. The lowest BCUT2D eigenvalue weighted by atomic mass is 10.1. The Balaban J connectivity index is 1.92. The van der Waals surface area contributed by atoms with Gasteiger partial charge in [-0.25, -0.2) is 18.7 Å². The van der Waals surface area contributed by atoms with E-state index in [9.17, 15) is 26.7 Å². The van der Waals surface area contributed by atoms with E-state index < -0.39 is 35.9 Å². The highest BCUT2D eigenvalue weighted by Crippen LogP contribution is 2.31. The first kappa shape index (κ1) is 18.2. The van der Waals surface area contributed by atoms with Gasteiger partial charge in [0.25, 0.3) is 5.91 Å². The van der Waals surface area contributed by atoms with Gasteiger partial charge in [-0.2, -0.15) is 13.2 Å². The quantitative estimate of drug-likeness (QED) is 0.815. The van der Waals surface area contributed by atoms with Crippen molar-refractivity contribution in [1.29, 1.82) is 0 Å². The average Bonchev–Trinajstić information content (AvgIpc) is 2.97. The summed E-state index contributed by atoms with van der Waals surface area (Å²) in [7, 11) is 0. The number of hydrogen-bond acceptors (Lipinski definition) is 4. The smallest absolute Gasteiger partial charge is 0.376 e. The van der Waals surface area contributed by atoms with E-state index in [1.54, 1.807) is 6.92 Å². The van der Waals surface area contributed by atoms with E-state index in [1.165, 1.54) is 10.8 Å². The number of halogens is 5. The monoisotopic (exact) mass is 376 g/mol. The lowest BCUT2D eigenvalue weighted by Crippen LogP contribution is -2.49. The molecule has 1 aliphatic rings. The van der Waals surface area contributed by atoms with Gasteiger partial charge in [-0.3, -0.25) is 4.79 Å². The maximum Gasteiger partial charge on any atom is 0.423 e. The van der Waals surface area contributed by atoms with E-state index in [4.69, 9.17) is 5.11 Å². The van der Waals surface area contributed by atoms with Crippen molar-refractivity contribution >= 4 is 5.91 Å². The zero-order chi connectivity index (χ0) is 19.2. The highest BCUT2D eigenvalue weighted by atomic mass is 19.4. The van der Waals surface area contributed by atoms with Gasteiger partial charge < -0.3 is 14.6 Å². The summed E-state index contributed by atoms with van der Waals surface area (Å²) < 4.78 is 66.2. The van der Waals surface area contributed by atoms with Crippen LogP contribution in [0.5, 0.6) is 0 Å². The van der Waals surface area contributed by atoms with Crippen LogP contribution in [0.2, 0.25) is 0 Å². The van der Waals surface area contributed by atoms with Gasteiger partial charge in [0.15, 0.2) is 11.6 Å². The standard InChI is InChI=1S/C15H13F5N4O2/c1-7-5-23(14(26)12(25)15(18,19)20)6-9-4-22-13(24(7)9)11-10(17)2-8(16)3-21-11/h2-4,7,12,25H,5-6H2,1H3. The molecule has 1 amide bonds. The Kier molecular flexibility index (Phi) is 4.42. The Hall–Kier alpha value is -2.56. The van der Waals surface area contributed by atoms with Crippen LogP contribution in [0.3, 0.4) is 0 Å². The van der Waals surface area contributed by atoms with Crippen LogP contribution in [0.25, 0.3) is 11.5 Å². The SMILES string of the molecule is CC1CN(C(=O)C(O)C(F)(F)F)Cc2cnc(-c3ncc(F)cc3F)n21. The molecular formula is C15H13F5N4O2. The number of nitrogens with zero attached hydrogens (tertiary/aromatic N) is 4. The molecule has 26 heavy (non-hydrogen) atoms. The van der Waals surface area contributed by atoms with Gasteiger partial charge in [-0.15, -0.1) is 0 Å². The number of carbonyl (C=O) groups excluding carboxylic acids is 1. The molecular weight excluding hydrogens is 363 g/mol. The van der Waals surface area contributed by atoms with Crippen LogP contribution in [0.1, 0.15) is 18.7 Å². The molecule has 11 heteroatoms. The van der Waals surface area contributed by atoms with Crippen LogP contribution in [0.15, 0.2) is 18.5 Å². The van der Waals surface area contributed by atoms with Crippen LogP contribution in [0, 0.1) is 11.6 Å². The summed E-state index contributed by atoms with van der Waals surface area (Å²) >= 11 is 0. The molecule has 2 atom stereocenters. The number of pyridine rings is 1. The van der Waals surface area contributed by atoms with E-state index >= 15 is 0 Å². The Morgan fingerprint density at radius 3 is 2.62 bits per heavy atom. The molecule has 2 aromatic rings. The number of rotatable bonds is 2. The Bertz CT molecular complexity index is 851. The molecule has 0 spiro atoms. The second kappa shape index (κ2) is 6.31.